The Labute approximate surface area is 131 Å². The molecule has 100 valence electrons. The number of hydrogen-bond acceptors (Lipinski definition) is 4. The van der Waals surface area contributed by atoms with Crippen molar-refractivity contribution in [1.29, 1.82) is 0 Å². The number of benzene rings is 1. The summed E-state index contributed by atoms with van der Waals surface area (Å²) in [5.41, 5.74) is 1.35. The molecule has 1 N–H and O–H groups in total. The number of hydrogen-bond donors (Lipinski definition) is 1. The Morgan fingerprint density at radius 3 is 2.45 bits per heavy atom. The van der Waals surface area contributed by atoms with Crippen molar-refractivity contribution < 1.29 is 9.90 Å². The molecule has 20 heavy (non-hydrogen) atoms. The van der Waals surface area contributed by atoms with E-state index in [0.717, 1.165) is 19.2 Å². The van der Waals surface area contributed by atoms with Gasteiger partial charge in [-0.15, -0.1) is 22.7 Å². The molecule has 3 aromatic rings. The van der Waals surface area contributed by atoms with Crippen LogP contribution in [0.1, 0.15) is 9.67 Å². The van der Waals surface area contributed by atoms with Crippen molar-refractivity contribution in [2.45, 2.75) is 0 Å². The number of thiazole rings is 1. The summed E-state index contributed by atoms with van der Waals surface area (Å²) in [7, 11) is 0. The molecule has 6 heteroatoms. The predicted molar refractivity (Wildman–Crippen MR) is 85.5 cm³/mol. The van der Waals surface area contributed by atoms with Gasteiger partial charge in [-0.05, 0) is 28.1 Å². The maximum Gasteiger partial charge on any atom is 0.348 e. The third-order valence-corrected chi connectivity index (χ3v) is 5.49. The van der Waals surface area contributed by atoms with Gasteiger partial charge in [0.1, 0.15) is 9.88 Å². The largest absolute Gasteiger partial charge is 0.477 e. The molecule has 0 amide bonds. The van der Waals surface area contributed by atoms with Crippen molar-refractivity contribution in [1.82, 2.24) is 4.98 Å². The molecule has 0 aliphatic carbocycles. The second-order valence-electron chi connectivity index (χ2n) is 3.97. The molecule has 0 spiro atoms. The normalized spacial score (nSPS) is 10.7. The third-order valence-electron chi connectivity index (χ3n) is 2.65. The maximum atomic E-state index is 11.4. The van der Waals surface area contributed by atoms with Crippen LogP contribution >= 0.6 is 38.6 Å². The number of thiophene rings is 1. The summed E-state index contributed by atoms with van der Waals surface area (Å²) >= 11 is 6.16. The van der Waals surface area contributed by atoms with Crippen molar-refractivity contribution in [3.63, 3.8) is 0 Å². The van der Waals surface area contributed by atoms with E-state index < -0.39 is 5.97 Å². The molecular weight excluding hydrogens is 358 g/mol. The third kappa shape index (κ3) is 2.54. The zero-order valence-electron chi connectivity index (χ0n) is 10.0. The van der Waals surface area contributed by atoms with Crippen LogP contribution < -0.4 is 0 Å². The summed E-state index contributed by atoms with van der Waals surface area (Å²) in [6, 6.07) is 13.3. The van der Waals surface area contributed by atoms with Crippen LogP contribution in [-0.2, 0) is 0 Å². The lowest BCUT2D eigenvalue weighted by Crippen LogP contribution is -1.95. The Morgan fingerprint density at radius 2 is 1.85 bits per heavy atom. The van der Waals surface area contributed by atoms with Gasteiger partial charge in [0.15, 0.2) is 0 Å². The number of carboxylic acids is 1. The van der Waals surface area contributed by atoms with Gasteiger partial charge in [-0.3, -0.25) is 0 Å². The molecular formula is C14H8BrNO2S2. The number of halogens is 1. The Bertz CT molecular complexity index is 765. The first kappa shape index (κ1) is 13.5. The molecule has 3 nitrogen and oxygen atoms in total. The summed E-state index contributed by atoms with van der Waals surface area (Å²) < 4.78 is 1.00. The summed E-state index contributed by atoms with van der Waals surface area (Å²) in [6.45, 7) is 0. The van der Waals surface area contributed by atoms with Crippen LogP contribution in [0.4, 0.5) is 0 Å². The minimum absolute atomic E-state index is 0.274. The standard InChI is InChI=1S/C14H8BrNO2S2/c15-10-7-6-9(19-10)13-16-11(12(20-13)14(17)18)8-4-2-1-3-5-8/h1-7H,(H,17,18). The monoisotopic (exact) mass is 365 g/mol. The Hall–Kier alpha value is -1.50. The quantitative estimate of drug-likeness (QED) is 0.710. The van der Waals surface area contributed by atoms with Gasteiger partial charge in [-0.1, -0.05) is 30.3 Å². The second kappa shape index (κ2) is 5.47. The molecule has 0 fully saturated rings. The van der Waals surface area contributed by atoms with Gasteiger partial charge in [0.05, 0.1) is 14.4 Å². The number of carboxylic acid groups (broad SMARTS) is 1. The van der Waals surface area contributed by atoms with E-state index in [2.05, 4.69) is 20.9 Å². The number of aromatic nitrogens is 1. The van der Waals surface area contributed by atoms with E-state index in [1.54, 1.807) is 11.3 Å². The average Bonchev–Trinajstić information content (AvgIpc) is 3.05. The van der Waals surface area contributed by atoms with Crippen LogP contribution in [0.2, 0.25) is 0 Å². The van der Waals surface area contributed by atoms with E-state index in [4.69, 9.17) is 0 Å². The lowest BCUT2D eigenvalue weighted by Gasteiger charge is -1.97. The molecule has 0 aliphatic heterocycles. The molecule has 0 atom stereocenters. The van der Waals surface area contributed by atoms with Crippen LogP contribution in [0.5, 0.6) is 0 Å². The van der Waals surface area contributed by atoms with E-state index in [9.17, 15) is 9.90 Å². The van der Waals surface area contributed by atoms with Crippen molar-refractivity contribution in [2.75, 3.05) is 0 Å². The second-order valence-corrected chi connectivity index (χ2v) is 7.43. The molecule has 0 saturated carbocycles. The molecule has 1 aromatic carbocycles. The van der Waals surface area contributed by atoms with E-state index in [1.165, 1.54) is 11.3 Å². The van der Waals surface area contributed by atoms with Gasteiger partial charge >= 0.3 is 5.97 Å². The first-order valence-corrected chi connectivity index (χ1v) is 8.13. The van der Waals surface area contributed by atoms with Crippen molar-refractivity contribution >= 4 is 44.6 Å². The predicted octanol–water partition coefficient (Wildman–Crippen LogP) is 5.00. The zero-order valence-corrected chi connectivity index (χ0v) is 13.3. The molecule has 0 unspecified atom stereocenters. The number of carbonyl (C=O) groups is 1. The van der Waals surface area contributed by atoms with E-state index >= 15 is 0 Å². The summed E-state index contributed by atoms with van der Waals surface area (Å²) in [5.74, 6) is -0.941. The first-order valence-electron chi connectivity index (χ1n) is 5.70. The maximum absolute atomic E-state index is 11.4. The average molecular weight is 366 g/mol. The highest BCUT2D eigenvalue weighted by molar-refractivity contribution is 9.11. The lowest BCUT2D eigenvalue weighted by molar-refractivity contribution is 0.0702. The zero-order chi connectivity index (χ0) is 14.1. The highest BCUT2D eigenvalue weighted by Crippen LogP contribution is 2.38. The van der Waals surface area contributed by atoms with Crippen molar-refractivity contribution in [3.8, 4) is 21.1 Å². The smallest absolute Gasteiger partial charge is 0.348 e. The number of nitrogens with zero attached hydrogens (tertiary/aromatic N) is 1. The van der Waals surface area contributed by atoms with Gasteiger partial charge in [0.25, 0.3) is 0 Å². The Morgan fingerprint density at radius 1 is 1.10 bits per heavy atom. The highest BCUT2D eigenvalue weighted by Gasteiger charge is 2.20. The minimum Gasteiger partial charge on any atom is -0.477 e. The van der Waals surface area contributed by atoms with Crippen LogP contribution in [0.15, 0.2) is 46.3 Å². The van der Waals surface area contributed by atoms with Crippen molar-refractivity contribution in [2.24, 2.45) is 0 Å². The van der Waals surface area contributed by atoms with Crippen LogP contribution in [0.3, 0.4) is 0 Å². The van der Waals surface area contributed by atoms with Crippen LogP contribution in [0, 0.1) is 0 Å². The summed E-state index contributed by atoms with van der Waals surface area (Å²) in [6.07, 6.45) is 0. The fourth-order valence-electron chi connectivity index (χ4n) is 1.79. The fourth-order valence-corrected chi connectivity index (χ4v) is 4.16. The van der Waals surface area contributed by atoms with Crippen LogP contribution in [0.25, 0.3) is 21.1 Å². The number of aromatic carboxylic acids is 1. The Balaban J connectivity index is 2.15. The molecule has 2 heterocycles. The molecule has 0 radical (unpaired) electrons. The SMILES string of the molecule is O=C(O)c1sc(-c2ccc(Br)s2)nc1-c1ccccc1. The summed E-state index contributed by atoms with van der Waals surface area (Å²) in [5, 5.41) is 10.1. The molecule has 0 aliphatic rings. The summed E-state index contributed by atoms with van der Waals surface area (Å²) in [4.78, 5) is 17.2. The first-order chi connectivity index (χ1) is 9.65. The molecule has 2 aromatic heterocycles. The van der Waals surface area contributed by atoms with Gasteiger partial charge in [-0.2, -0.15) is 0 Å². The van der Waals surface area contributed by atoms with Gasteiger partial charge < -0.3 is 5.11 Å². The van der Waals surface area contributed by atoms with Crippen LogP contribution in [-0.4, -0.2) is 16.1 Å². The Kier molecular flexibility index (Phi) is 3.69. The lowest BCUT2D eigenvalue weighted by atomic mass is 10.1. The van der Waals surface area contributed by atoms with Gasteiger partial charge in [0, 0.05) is 5.56 Å². The van der Waals surface area contributed by atoms with Gasteiger partial charge in [0.2, 0.25) is 0 Å². The number of rotatable bonds is 3. The molecule has 0 bridgehead atoms. The van der Waals surface area contributed by atoms with E-state index in [-0.39, 0.29) is 4.88 Å². The topological polar surface area (TPSA) is 50.2 Å². The fraction of sp³-hybridized carbons (Fsp3) is 0. The van der Waals surface area contributed by atoms with Crippen molar-refractivity contribution in [3.05, 3.63) is 51.1 Å². The van der Waals surface area contributed by atoms with E-state index in [1.807, 2.05) is 42.5 Å². The minimum atomic E-state index is -0.941. The molecule has 3 rings (SSSR count). The highest BCUT2D eigenvalue weighted by atomic mass is 79.9. The van der Waals surface area contributed by atoms with Gasteiger partial charge in [-0.25, -0.2) is 9.78 Å². The molecule has 0 saturated heterocycles. The van der Waals surface area contributed by atoms with E-state index in [0.29, 0.717) is 5.69 Å².